The summed E-state index contributed by atoms with van der Waals surface area (Å²) in [4.78, 5) is 31.8. The van der Waals surface area contributed by atoms with Crippen molar-refractivity contribution >= 4 is 23.2 Å². The minimum atomic E-state index is -0.434. The van der Waals surface area contributed by atoms with E-state index in [1.165, 1.54) is 11.1 Å². The highest BCUT2D eigenvalue weighted by Crippen LogP contribution is 2.15. The van der Waals surface area contributed by atoms with E-state index < -0.39 is 6.04 Å². The lowest BCUT2D eigenvalue weighted by Crippen LogP contribution is -2.56. The highest BCUT2D eigenvalue weighted by Gasteiger charge is 2.31. The maximum absolute atomic E-state index is 12.6. The minimum Gasteiger partial charge on any atom is -0.353 e. The molecule has 2 N–H and O–H groups in total. The second kappa shape index (κ2) is 11.0. The fourth-order valence-electron chi connectivity index (χ4n) is 3.89. The Morgan fingerprint density at radius 2 is 1.81 bits per heavy atom. The van der Waals surface area contributed by atoms with Crippen molar-refractivity contribution in [2.24, 2.45) is 0 Å². The first kappa shape index (κ1) is 22.2. The van der Waals surface area contributed by atoms with Gasteiger partial charge >= 0.3 is 0 Å². The summed E-state index contributed by atoms with van der Waals surface area (Å²) in [7, 11) is 0. The van der Waals surface area contributed by atoms with E-state index in [1.54, 1.807) is 11.3 Å². The molecule has 1 aliphatic rings. The second-order valence-electron chi connectivity index (χ2n) is 7.95. The van der Waals surface area contributed by atoms with Gasteiger partial charge in [0.2, 0.25) is 11.8 Å². The molecule has 32 heavy (non-hydrogen) atoms. The van der Waals surface area contributed by atoms with Crippen LogP contribution < -0.4 is 10.6 Å². The highest BCUT2D eigenvalue weighted by molar-refractivity contribution is 7.09. The summed E-state index contributed by atoms with van der Waals surface area (Å²) >= 11 is 1.60. The van der Waals surface area contributed by atoms with Crippen LogP contribution in [0.3, 0.4) is 0 Å². The summed E-state index contributed by atoms with van der Waals surface area (Å²) in [5, 5.41) is 8.84. The Morgan fingerprint density at radius 1 is 1.09 bits per heavy atom. The van der Waals surface area contributed by atoms with Crippen LogP contribution in [0, 0.1) is 0 Å². The van der Waals surface area contributed by atoms with E-state index in [0.717, 1.165) is 36.6 Å². The molecule has 7 heteroatoms. The van der Waals surface area contributed by atoms with E-state index in [-0.39, 0.29) is 18.2 Å². The summed E-state index contributed by atoms with van der Waals surface area (Å²) in [6.45, 7) is 2.51. The number of carbonyl (C=O) groups is 2. The molecule has 0 bridgehead atoms. The molecule has 2 heterocycles. The molecular weight excluding hydrogens is 420 g/mol. The first-order chi connectivity index (χ1) is 15.7. The Morgan fingerprint density at radius 3 is 2.56 bits per heavy atom. The van der Waals surface area contributed by atoms with Crippen molar-refractivity contribution in [3.63, 3.8) is 0 Å². The van der Waals surface area contributed by atoms with E-state index in [2.05, 4.69) is 44.8 Å². The maximum atomic E-state index is 12.6. The molecule has 2 amide bonds. The van der Waals surface area contributed by atoms with Gasteiger partial charge in [-0.3, -0.25) is 14.5 Å². The summed E-state index contributed by atoms with van der Waals surface area (Å²) in [5.74, 6) is -0.201. The van der Waals surface area contributed by atoms with Crippen LogP contribution in [0.15, 0.2) is 66.0 Å². The zero-order chi connectivity index (χ0) is 22.2. The number of nitrogens with zero attached hydrogens (tertiary/aromatic N) is 2. The van der Waals surface area contributed by atoms with Crippen LogP contribution in [-0.2, 0) is 29.0 Å². The van der Waals surface area contributed by atoms with Crippen molar-refractivity contribution in [3.05, 3.63) is 87.9 Å². The normalized spacial score (nSPS) is 16.5. The lowest BCUT2D eigenvalue weighted by molar-refractivity contribution is -0.134. The van der Waals surface area contributed by atoms with Crippen LogP contribution in [0.25, 0.3) is 0 Å². The van der Waals surface area contributed by atoms with Crippen molar-refractivity contribution in [2.75, 3.05) is 19.6 Å². The number of hydrogen-bond donors (Lipinski definition) is 2. The van der Waals surface area contributed by atoms with Crippen molar-refractivity contribution in [1.29, 1.82) is 0 Å². The van der Waals surface area contributed by atoms with Gasteiger partial charge in [0.05, 0.1) is 29.7 Å². The van der Waals surface area contributed by atoms with Gasteiger partial charge in [-0.15, -0.1) is 11.3 Å². The second-order valence-corrected chi connectivity index (χ2v) is 8.90. The zero-order valence-corrected chi connectivity index (χ0v) is 18.8. The summed E-state index contributed by atoms with van der Waals surface area (Å²) < 4.78 is 0. The van der Waals surface area contributed by atoms with Crippen molar-refractivity contribution in [2.45, 2.75) is 31.8 Å². The van der Waals surface area contributed by atoms with Gasteiger partial charge in [-0.2, -0.15) is 0 Å². The quantitative estimate of drug-likeness (QED) is 0.528. The molecule has 0 spiro atoms. The molecule has 0 radical (unpaired) electrons. The largest absolute Gasteiger partial charge is 0.353 e. The topological polar surface area (TPSA) is 74.3 Å². The van der Waals surface area contributed by atoms with Crippen molar-refractivity contribution < 1.29 is 9.59 Å². The van der Waals surface area contributed by atoms with E-state index in [1.807, 2.05) is 41.8 Å². The summed E-state index contributed by atoms with van der Waals surface area (Å²) in [5.41, 5.74) is 3.30. The molecule has 3 aromatic rings. The monoisotopic (exact) mass is 448 g/mol. The molecule has 1 aromatic heterocycles. The molecule has 4 rings (SSSR count). The molecule has 1 unspecified atom stereocenters. The van der Waals surface area contributed by atoms with Gasteiger partial charge in [-0.1, -0.05) is 60.7 Å². The first-order valence-electron chi connectivity index (χ1n) is 11.0. The Labute approximate surface area is 192 Å². The molecule has 166 valence electrons. The fraction of sp³-hybridized carbons (Fsp3) is 0.320. The number of aromatic nitrogens is 1. The summed E-state index contributed by atoms with van der Waals surface area (Å²) in [6.07, 6.45) is 1.80. The van der Waals surface area contributed by atoms with E-state index in [4.69, 9.17) is 0 Å². The molecular formula is C25H28N4O2S. The molecule has 1 aliphatic heterocycles. The standard InChI is InChI=1S/C25H28N4O2S/c30-23(27-17-21-18-32-24(28-21)15-20-9-5-2-6-10-20)16-22-25(31)26-12-14-29(22)13-11-19-7-3-1-4-8-19/h1-10,18,22H,11-17H2,(H,26,31)(H,27,30). The highest BCUT2D eigenvalue weighted by atomic mass is 32.1. The molecule has 0 saturated carbocycles. The predicted octanol–water partition coefficient (Wildman–Crippen LogP) is 2.78. The molecule has 0 aliphatic carbocycles. The van der Waals surface area contributed by atoms with Gasteiger partial charge in [0.15, 0.2) is 0 Å². The SMILES string of the molecule is O=C(CC1C(=O)NCCN1CCc1ccccc1)NCc1csc(Cc2ccccc2)n1. The third-order valence-corrected chi connectivity index (χ3v) is 6.51. The summed E-state index contributed by atoms with van der Waals surface area (Å²) in [6, 6.07) is 20.0. The Bertz CT molecular complexity index is 1020. The number of hydrogen-bond acceptors (Lipinski definition) is 5. The van der Waals surface area contributed by atoms with Crippen LogP contribution in [0.1, 0.15) is 28.2 Å². The van der Waals surface area contributed by atoms with Gasteiger partial charge < -0.3 is 10.6 Å². The fourth-order valence-corrected chi connectivity index (χ4v) is 4.72. The van der Waals surface area contributed by atoms with Gasteiger partial charge in [-0.05, 0) is 17.5 Å². The third kappa shape index (κ3) is 6.24. The Hall–Kier alpha value is -3.03. The molecule has 1 atom stereocenters. The molecule has 2 aromatic carbocycles. The van der Waals surface area contributed by atoms with Gasteiger partial charge in [-0.25, -0.2) is 4.98 Å². The zero-order valence-electron chi connectivity index (χ0n) is 18.0. The lowest BCUT2D eigenvalue weighted by Gasteiger charge is -2.34. The average molecular weight is 449 g/mol. The van der Waals surface area contributed by atoms with Crippen LogP contribution in [0.5, 0.6) is 0 Å². The Balaban J connectivity index is 1.27. The molecule has 6 nitrogen and oxygen atoms in total. The van der Waals surface area contributed by atoms with E-state index in [0.29, 0.717) is 13.1 Å². The van der Waals surface area contributed by atoms with Crippen LogP contribution >= 0.6 is 11.3 Å². The van der Waals surface area contributed by atoms with Gasteiger partial charge in [0.25, 0.3) is 0 Å². The number of thiazole rings is 1. The average Bonchev–Trinajstić information content (AvgIpc) is 3.27. The molecule has 1 fully saturated rings. The number of benzene rings is 2. The van der Waals surface area contributed by atoms with Crippen molar-refractivity contribution in [3.8, 4) is 0 Å². The third-order valence-electron chi connectivity index (χ3n) is 5.62. The number of piperazine rings is 1. The smallest absolute Gasteiger partial charge is 0.237 e. The van der Waals surface area contributed by atoms with Crippen LogP contribution in [0.2, 0.25) is 0 Å². The number of carbonyl (C=O) groups excluding carboxylic acids is 2. The first-order valence-corrected chi connectivity index (χ1v) is 11.8. The lowest BCUT2D eigenvalue weighted by atomic mass is 10.1. The number of amides is 2. The number of nitrogens with one attached hydrogen (secondary N) is 2. The van der Waals surface area contributed by atoms with E-state index in [9.17, 15) is 9.59 Å². The number of rotatable bonds is 9. The predicted molar refractivity (Wildman–Crippen MR) is 126 cm³/mol. The van der Waals surface area contributed by atoms with Crippen LogP contribution in [-0.4, -0.2) is 47.4 Å². The maximum Gasteiger partial charge on any atom is 0.237 e. The van der Waals surface area contributed by atoms with Gasteiger partial charge in [0, 0.05) is 31.4 Å². The van der Waals surface area contributed by atoms with Gasteiger partial charge in [0.1, 0.15) is 0 Å². The van der Waals surface area contributed by atoms with E-state index >= 15 is 0 Å². The minimum absolute atomic E-state index is 0.0710. The molecule has 1 saturated heterocycles. The van der Waals surface area contributed by atoms with Crippen molar-refractivity contribution in [1.82, 2.24) is 20.5 Å². The van der Waals surface area contributed by atoms with Crippen LogP contribution in [0.4, 0.5) is 0 Å². The Kier molecular flexibility index (Phi) is 7.64.